The van der Waals surface area contributed by atoms with Crippen LogP contribution in [0.4, 0.5) is 5.69 Å². The largest absolute Gasteiger partial charge is 0.329 e. The first-order valence-electron chi connectivity index (χ1n) is 6.11. The van der Waals surface area contributed by atoms with E-state index in [1.165, 1.54) is 17.3 Å². The highest BCUT2D eigenvalue weighted by Crippen LogP contribution is 2.29. The number of nitrogens with zero attached hydrogens (tertiary/aromatic N) is 3. The van der Waals surface area contributed by atoms with E-state index in [0.717, 1.165) is 0 Å². The molecule has 0 unspecified atom stereocenters. The number of halogens is 1. The summed E-state index contributed by atoms with van der Waals surface area (Å²) in [6.07, 6.45) is 2.92. The van der Waals surface area contributed by atoms with E-state index in [0.29, 0.717) is 16.4 Å². The zero-order valence-corrected chi connectivity index (χ0v) is 12.1. The van der Waals surface area contributed by atoms with Crippen LogP contribution in [0.15, 0.2) is 30.9 Å². The molecule has 0 atom stereocenters. The molecule has 2 aromatic rings. The fourth-order valence-corrected chi connectivity index (χ4v) is 1.82. The number of amides is 1. The molecule has 1 aromatic carbocycles. The number of nitrogens with two attached hydrogens (primary N) is 1. The van der Waals surface area contributed by atoms with Gasteiger partial charge in [-0.2, -0.15) is 5.10 Å². The number of nitrogens with one attached hydrogen (secondary N) is 1. The molecule has 0 aliphatic heterocycles. The van der Waals surface area contributed by atoms with E-state index in [9.17, 15) is 4.79 Å². The molecular formula is C13H16ClN5O. The van der Waals surface area contributed by atoms with Crippen molar-refractivity contribution in [3.8, 4) is 5.69 Å². The Bertz CT molecular complexity index is 609. The van der Waals surface area contributed by atoms with Crippen molar-refractivity contribution < 1.29 is 4.79 Å². The SMILES string of the molecule is CC(C)(CN)C(=O)Nc1cccc(Cl)c1-n1cncn1. The standard InChI is InChI=1S/C13H16ClN5O/c1-13(2,6-15)12(20)18-10-5-3-4-9(14)11(10)19-8-16-7-17-19/h3-5,7-8H,6,15H2,1-2H3,(H,18,20). The molecule has 20 heavy (non-hydrogen) atoms. The molecule has 1 heterocycles. The van der Waals surface area contributed by atoms with Crippen LogP contribution in [0.3, 0.4) is 0 Å². The minimum absolute atomic E-state index is 0.177. The van der Waals surface area contributed by atoms with Crippen molar-refractivity contribution in [2.45, 2.75) is 13.8 Å². The van der Waals surface area contributed by atoms with Crippen molar-refractivity contribution in [3.05, 3.63) is 35.9 Å². The summed E-state index contributed by atoms with van der Waals surface area (Å²) >= 11 is 6.19. The van der Waals surface area contributed by atoms with Crippen LogP contribution in [-0.2, 0) is 4.79 Å². The van der Waals surface area contributed by atoms with Gasteiger partial charge in [0.15, 0.2) is 0 Å². The zero-order chi connectivity index (χ0) is 14.8. The summed E-state index contributed by atoms with van der Waals surface area (Å²) < 4.78 is 1.51. The Morgan fingerprint density at radius 3 is 2.85 bits per heavy atom. The van der Waals surface area contributed by atoms with Gasteiger partial charge in [-0.05, 0) is 26.0 Å². The first-order chi connectivity index (χ1) is 9.45. The summed E-state index contributed by atoms with van der Waals surface area (Å²) in [6.45, 7) is 3.81. The van der Waals surface area contributed by atoms with Crippen molar-refractivity contribution in [2.75, 3.05) is 11.9 Å². The fourth-order valence-electron chi connectivity index (χ4n) is 1.56. The molecule has 0 radical (unpaired) electrons. The Kier molecular flexibility index (Phi) is 4.06. The van der Waals surface area contributed by atoms with Crippen LogP contribution in [0.2, 0.25) is 5.02 Å². The van der Waals surface area contributed by atoms with E-state index >= 15 is 0 Å². The number of aromatic nitrogens is 3. The maximum atomic E-state index is 12.2. The highest BCUT2D eigenvalue weighted by Gasteiger charge is 2.26. The number of carbonyl (C=O) groups excluding carboxylic acids is 1. The Morgan fingerprint density at radius 1 is 1.50 bits per heavy atom. The second-order valence-corrected chi connectivity index (χ2v) is 5.43. The smallest absolute Gasteiger partial charge is 0.231 e. The number of hydrogen-bond acceptors (Lipinski definition) is 4. The molecule has 2 rings (SSSR count). The van der Waals surface area contributed by atoms with Crippen molar-refractivity contribution in [2.24, 2.45) is 11.1 Å². The van der Waals surface area contributed by atoms with Gasteiger partial charge in [-0.25, -0.2) is 9.67 Å². The molecule has 6 nitrogen and oxygen atoms in total. The lowest BCUT2D eigenvalue weighted by Gasteiger charge is -2.22. The van der Waals surface area contributed by atoms with E-state index in [4.69, 9.17) is 17.3 Å². The van der Waals surface area contributed by atoms with E-state index in [1.807, 2.05) is 0 Å². The third kappa shape index (κ3) is 2.81. The normalized spacial score (nSPS) is 11.4. The molecule has 0 aliphatic rings. The summed E-state index contributed by atoms with van der Waals surface area (Å²) in [4.78, 5) is 16.1. The molecule has 1 amide bonds. The number of carbonyl (C=O) groups is 1. The minimum Gasteiger partial charge on any atom is -0.329 e. The Labute approximate surface area is 121 Å². The number of rotatable bonds is 4. The summed E-state index contributed by atoms with van der Waals surface area (Å²) in [7, 11) is 0. The third-order valence-corrected chi connectivity index (χ3v) is 3.31. The molecule has 0 fully saturated rings. The minimum atomic E-state index is -0.665. The van der Waals surface area contributed by atoms with Crippen LogP contribution in [0, 0.1) is 5.41 Å². The Morgan fingerprint density at radius 2 is 2.25 bits per heavy atom. The number of hydrogen-bond donors (Lipinski definition) is 2. The summed E-state index contributed by atoms with van der Waals surface area (Å²) in [6, 6.07) is 5.24. The Hall–Kier alpha value is -1.92. The van der Waals surface area contributed by atoms with Crippen LogP contribution in [0.5, 0.6) is 0 Å². The van der Waals surface area contributed by atoms with Crippen molar-refractivity contribution in [1.82, 2.24) is 14.8 Å². The van der Waals surface area contributed by atoms with Crippen LogP contribution in [0.25, 0.3) is 5.69 Å². The Balaban J connectivity index is 2.39. The lowest BCUT2D eigenvalue weighted by molar-refractivity contribution is -0.123. The van der Waals surface area contributed by atoms with Crippen molar-refractivity contribution >= 4 is 23.2 Å². The number of para-hydroxylation sites is 1. The van der Waals surface area contributed by atoms with Crippen molar-refractivity contribution in [3.63, 3.8) is 0 Å². The molecule has 1 aromatic heterocycles. The second-order valence-electron chi connectivity index (χ2n) is 5.02. The van der Waals surface area contributed by atoms with Crippen LogP contribution in [-0.4, -0.2) is 27.2 Å². The maximum absolute atomic E-state index is 12.2. The van der Waals surface area contributed by atoms with Gasteiger partial charge in [-0.1, -0.05) is 17.7 Å². The monoisotopic (exact) mass is 293 g/mol. The molecule has 0 saturated carbocycles. The van der Waals surface area contributed by atoms with Gasteiger partial charge in [-0.15, -0.1) is 0 Å². The van der Waals surface area contributed by atoms with Crippen LogP contribution in [0.1, 0.15) is 13.8 Å². The zero-order valence-electron chi connectivity index (χ0n) is 11.3. The number of anilines is 1. The molecule has 0 spiro atoms. The van der Waals surface area contributed by atoms with Gasteiger partial charge in [-0.3, -0.25) is 4.79 Å². The van der Waals surface area contributed by atoms with Crippen molar-refractivity contribution in [1.29, 1.82) is 0 Å². The van der Waals surface area contributed by atoms with Gasteiger partial charge in [0.1, 0.15) is 18.3 Å². The molecule has 0 saturated heterocycles. The highest BCUT2D eigenvalue weighted by atomic mass is 35.5. The topological polar surface area (TPSA) is 85.8 Å². The average molecular weight is 294 g/mol. The van der Waals surface area contributed by atoms with E-state index < -0.39 is 5.41 Å². The van der Waals surface area contributed by atoms with Gasteiger partial charge >= 0.3 is 0 Å². The van der Waals surface area contributed by atoms with Gasteiger partial charge in [0.25, 0.3) is 0 Å². The summed E-state index contributed by atoms with van der Waals surface area (Å²) in [5.41, 5.74) is 6.09. The van der Waals surface area contributed by atoms with E-state index in [1.54, 1.807) is 32.0 Å². The molecule has 0 aliphatic carbocycles. The summed E-state index contributed by atoms with van der Waals surface area (Å²) in [5.74, 6) is -0.177. The fraction of sp³-hybridized carbons (Fsp3) is 0.308. The predicted octanol–water partition coefficient (Wildman–Crippen LogP) is 1.84. The first kappa shape index (κ1) is 14.5. The van der Waals surface area contributed by atoms with Crippen LogP contribution >= 0.6 is 11.6 Å². The predicted molar refractivity (Wildman–Crippen MR) is 77.8 cm³/mol. The van der Waals surface area contributed by atoms with Gasteiger partial charge in [0.2, 0.25) is 5.91 Å². The second kappa shape index (κ2) is 5.60. The van der Waals surface area contributed by atoms with Gasteiger partial charge in [0.05, 0.1) is 16.1 Å². The highest BCUT2D eigenvalue weighted by molar-refractivity contribution is 6.33. The van der Waals surface area contributed by atoms with Gasteiger partial charge in [0, 0.05) is 6.54 Å². The lowest BCUT2D eigenvalue weighted by Crippen LogP contribution is -2.37. The molecule has 3 N–H and O–H groups in total. The average Bonchev–Trinajstić information content (AvgIpc) is 2.92. The first-order valence-corrected chi connectivity index (χ1v) is 6.48. The van der Waals surface area contributed by atoms with Gasteiger partial charge < -0.3 is 11.1 Å². The molecular weight excluding hydrogens is 278 g/mol. The quantitative estimate of drug-likeness (QED) is 0.900. The number of benzene rings is 1. The van der Waals surface area contributed by atoms with Crippen LogP contribution < -0.4 is 11.1 Å². The van der Waals surface area contributed by atoms with E-state index in [2.05, 4.69) is 15.4 Å². The molecule has 0 bridgehead atoms. The maximum Gasteiger partial charge on any atom is 0.231 e. The lowest BCUT2D eigenvalue weighted by atomic mass is 9.92. The molecule has 106 valence electrons. The van der Waals surface area contributed by atoms with E-state index in [-0.39, 0.29) is 12.5 Å². The third-order valence-electron chi connectivity index (χ3n) is 3.01. The summed E-state index contributed by atoms with van der Waals surface area (Å²) in [5, 5.41) is 7.35. The molecule has 7 heteroatoms.